The quantitative estimate of drug-likeness (QED) is 0.500. The Kier molecular flexibility index (Phi) is 8.37. The summed E-state index contributed by atoms with van der Waals surface area (Å²) in [6.45, 7) is 13.4. The smallest absolute Gasteiger partial charge is 0.242 e. The third kappa shape index (κ3) is 5.60. The highest BCUT2D eigenvalue weighted by Gasteiger charge is 2.37. The SMILES string of the molecule is C=C(CN(CC(=O)N(C)C1Cc2ccccc2C1)c1cc(C2(CC)OCCO2)ccc1C)NCCC. The lowest BCUT2D eigenvalue weighted by atomic mass is 9.99. The Hall–Kier alpha value is -2.83. The zero-order valence-electron chi connectivity index (χ0n) is 22.3. The number of rotatable bonds is 11. The molecule has 0 saturated carbocycles. The van der Waals surface area contributed by atoms with Gasteiger partial charge in [-0.2, -0.15) is 0 Å². The van der Waals surface area contributed by atoms with Crippen LogP contribution in [0.1, 0.15) is 48.9 Å². The van der Waals surface area contributed by atoms with Crippen LogP contribution in [-0.2, 0) is 32.9 Å². The molecule has 2 aromatic carbocycles. The average molecular weight is 492 g/mol. The van der Waals surface area contributed by atoms with E-state index in [0.29, 0.717) is 19.8 Å². The minimum atomic E-state index is -0.720. The topological polar surface area (TPSA) is 54.0 Å². The number of fused-ring (bicyclic) bond motifs is 1. The molecule has 0 spiro atoms. The summed E-state index contributed by atoms with van der Waals surface area (Å²) in [5.41, 5.74) is 6.71. The molecule has 0 radical (unpaired) electrons. The van der Waals surface area contributed by atoms with Gasteiger partial charge in [-0.05, 0) is 48.9 Å². The summed E-state index contributed by atoms with van der Waals surface area (Å²) in [7, 11) is 1.94. The number of carbonyl (C=O) groups is 1. The van der Waals surface area contributed by atoms with Crippen molar-refractivity contribution in [2.45, 2.75) is 58.3 Å². The predicted molar refractivity (Wildman–Crippen MR) is 145 cm³/mol. The number of nitrogens with zero attached hydrogens (tertiary/aromatic N) is 2. The molecule has 1 aliphatic heterocycles. The van der Waals surface area contributed by atoms with Crippen LogP contribution in [0.4, 0.5) is 5.69 Å². The highest BCUT2D eigenvalue weighted by atomic mass is 16.7. The number of amides is 1. The van der Waals surface area contributed by atoms with Gasteiger partial charge in [0.15, 0.2) is 5.79 Å². The zero-order valence-corrected chi connectivity index (χ0v) is 22.3. The standard InChI is InChI=1S/C30H41N3O3/c1-6-14-31-23(4)20-33(21-29(34)32(5)27-17-24-10-8-9-11-25(24)18-27)28-19-26(13-12-22(28)3)30(7-2)35-15-16-36-30/h8-13,19,27,31H,4,6-7,14-18,20-21H2,1-3,5H3. The number of anilines is 1. The second-order valence-electron chi connectivity index (χ2n) is 10.0. The number of likely N-dealkylation sites (N-methyl/N-ethyl adjacent to an activating group) is 1. The maximum Gasteiger partial charge on any atom is 0.242 e. The Balaban J connectivity index is 1.57. The van der Waals surface area contributed by atoms with Gasteiger partial charge in [-0.25, -0.2) is 0 Å². The van der Waals surface area contributed by atoms with Gasteiger partial charge in [-0.1, -0.05) is 56.8 Å². The van der Waals surface area contributed by atoms with Crippen LogP contribution in [0.5, 0.6) is 0 Å². The monoisotopic (exact) mass is 491 g/mol. The van der Waals surface area contributed by atoms with Crippen molar-refractivity contribution in [3.8, 4) is 0 Å². The lowest BCUT2D eigenvalue weighted by molar-refractivity contribution is -0.167. The van der Waals surface area contributed by atoms with E-state index in [-0.39, 0.29) is 18.5 Å². The van der Waals surface area contributed by atoms with Crippen molar-refractivity contribution < 1.29 is 14.3 Å². The molecule has 1 heterocycles. The molecule has 36 heavy (non-hydrogen) atoms. The van der Waals surface area contributed by atoms with Crippen LogP contribution in [-0.4, -0.2) is 56.7 Å². The van der Waals surface area contributed by atoms with Crippen LogP contribution in [0.15, 0.2) is 54.7 Å². The Morgan fingerprint density at radius 1 is 1.08 bits per heavy atom. The normalized spacial score (nSPS) is 16.6. The first kappa shape index (κ1) is 26.2. The number of hydrogen-bond acceptors (Lipinski definition) is 5. The van der Waals surface area contributed by atoms with Gasteiger partial charge in [-0.3, -0.25) is 4.79 Å². The molecule has 2 aromatic rings. The van der Waals surface area contributed by atoms with Gasteiger partial charge < -0.3 is 24.6 Å². The van der Waals surface area contributed by atoms with Crippen LogP contribution in [0, 0.1) is 6.92 Å². The molecular weight excluding hydrogens is 450 g/mol. The summed E-state index contributed by atoms with van der Waals surface area (Å²) >= 11 is 0. The minimum absolute atomic E-state index is 0.111. The van der Waals surface area contributed by atoms with Gasteiger partial charge in [0.2, 0.25) is 5.91 Å². The van der Waals surface area contributed by atoms with Gasteiger partial charge >= 0.3 is 0 Å². The second-order valence-corrected chi connectivity index (χ2v) is 10.0. The van der Waals surface area contributed by atoms with E-state index in [9.17, 15) is 4.79 Å². The van der Waals surface area contributed by atoms with E-state index < -0.39 is 5.79 Å². The van der Waals surface area contributed by atoms with Crippen molar-refractivity contribution in [2.24, 2.45) is 0 Å². The molecule has 194 valence electrons. The molecule has 6 nitrogen and oxygen atoms in total. The van der Waals surface area contributed by atoms with E-state index in [1.807, 2.05) is 11.9 Å². The first-order valence-corrected chi connectivity index (χ1v) is 13.2. The first-order chi connectivity index (χ1) is 17.4. The Morgan fingerprint density at radius 3 is 2.36 bits per heavy atom. The van der Waals surface area contributed by atoms with Crippen LogP contribution in [0.2, 0.25) is 0 Å². The Labute approximate surface area is 216 Å². The van der Waals surface area contributed by atoms with Crippen molar-refractivity contribution in [2.75, 3.05) is 44.8 Å². The molecule has 1 amide bonds. The maximum absolute atomic E-state index is 13.6. The summed E-state index contributed by atoms with van der Waals surface area (Å²) in [6, 6.07) is 15.0. The lowest BCUT2D eigenvalue weighted by Crippen LogP contribution is -2.45. The van der Waals surface area contributed by atoms with Gasteiger partial charge in [0.1, 0.15) is 0 Å². The zero-order chi connectivity index (χ0) is 25.7. The fraction of sp³-hybridized carbons (Fsp3) is 0.500. The third-order valence-electron chi connectivity index (χ3n) is 7.51. The maximum atomic E-state index is 13.6. The van der Waals surface area contributed by atoms with E-state index in [2.05, 4.69) is 80.0 Å². The van der Waals surface area contributed by atoms with Crippen molar-refractivity contribution in [1.82, 2.24) is 10.2 Å². The second kappa shape index (κ2) is 11.5. The molecule has 1 aliphatic carbocycles. The summed E-state index contributed by atoms with van der Waals surface area (Å²) < 4.78 is 12.1. The Bertz CT molecular complexity index is 1050. The minimum Gasteiger partial charge on any atom is -0.387 e. The number of hydrogen-bond donors (Lipinski definition) is 1. The summed E-state index contributed by atoms with van der Waals surface area (Å²) in [5.74, 6) is -0.610. The fourth-order valence-electron chi connectivity index (χ4n) is 5.32. The summed E-state index contributed by atoms with van der Waals surface area (Å²) in [4.78, 5) is 17.7. The van der Waals surface area contributed by atoms with Crippen molar-refractivity contribution in [3.05, 3.63) is 77.0 Å². The van der Waals surface area contributed by atoms with E-state index in [0.717, 1.165) is 54.7 Å². The van der Waals surface area contributed by atoms with Crippen molar-refractivity contribution >= 4 is 11.6 Å². The molecular formula is C30H41N3O3. The predicted octanol–water partition coefficient (Wildman–Crippen LogP) is 4.55. The number of carbonyl (C=O) groups excluding carboxylic acids is 1. The molecule has 6 heteroatoms. The molecule has 0 aromatic heterocycles. The molecule has 1 N–H and O–H groups in total. The van der Waals surface area contributed by atoms with Crippen molar-refractivity contribution in [3.63, 3.8) is 0 Å². The molecule has 0 bridgehead atoms. The van der Waals surface area contributed by atoms with E-state index in [1.54, 1.807) is 0 Å². The van der Waals surface area contributed by atoms with Crippen LogP contribution in [0.3, 0.4) is 0 Å². The third-order valence-corrected chi connectivity index (χ3v) is 7.51. The van der Waals surface area contributed by atoms with Crippen LogP contribution < -0.4 is 10.2 Å². The van der Waals surface area contributed by atoms with Crippen LogP contribution in [0.25, 0.3) is 0 Å². The number of benzene rings is 2. The average Bonchev–Trinajstić information content (AvgIpc) is 3.55. The summed E-state index contributed by atoms with van der Waals surface area (Å²) in [6.07, 6.45) is 3.56. The van der Waals surface area contributed by atoms with E-state index in [4.69, 9.17) is 9.47 Å². The van der Waals surface area contributed by atoms with Gasteiger partial charge in [0, 0.05) is 43.0 Å². The van der Waals surface area contributed by atoms with Gasteiger partial charge in [-0.15, -0.1) is 0 Å². The largest absolute Gasteiger partial charge is 0.387 e. The molecule has 4 rings (SSSR count). The van der Waals surface area contributed by atoms with E-state index in [1.165, 1.54) is 11.1 Å². The fourth-order valence-corrected chi connectivity index (χ4v) is 5.32. The van der Waals surface area contributed by atoms with Gasteiger partial charge in [0.05, 0.1) is 26.3 Å². The molecule has 1 saturated heterocycles. The number of nitrogens with one attached hydrogen (secondary N) is 1. The van der Waals surface area contributed by atoms with Gasteiger partial charge in [0.25, 0.3) is 0 Å². The highest BCUT2D eigenvalue weighted by Crippen LogP contribution is 2.37. The summed E-state index contributed by atoms with van der Waals surface area (Å²) in [5, 5.41) is 3.40. The Morgan fingerprint density at radius 2 is 1.75 bits per heavy atom. The van der Waals surface area contributed by atoms with Crippen LogP contribution >= 0.6 is 0 Å². The lowest BCUT2D eigenvalue weighted by Gasteiger charge is -2.33. The molecule has 0 unspecified atom stereocenters. The molecule has 0 atom stereocenters. The van der Waals surface area contributed by atoms with Crippen molar-refractivity contribution in [1.29, 1.82) is 0 Å². The first-order valence-electron chi connectivity index (χ1n) is 13.2. The highest BCUT2D eigenvalue weighted by molar-refractivity contribution is 5.82. The molecule has 1 fully saturated rings. The van der Waals surface area contributed by atoms with E-state index >= 15 is 0 Å². The number of aryl methyl sites for hydroxylation is 1. The number of ether oxygens (including phenoxy) is 2. The molecule has 2 aliphatic rings.